The van der Waals surface area contributed by atoms with Crippen molar-refractivity contribution < 1.29 is 14.3 Å². The fourth-order valence-electron chi connectivity index (χ4n) is 3.58. The average Bonchev–Trinajstić information content (AvgIpc) is 3.25. The van der Waals surface area contributed by atoms with Gasteiger partial charge in [0.15, 0.2) is 5.75 Å². The summed E-state index contributed by atoms with van der Waals surface area (Å²) in [6.45, 7) is 4.27. The van der Waals surface area contributed by atoms with E-state index in [1.165, 1.54) is 0 Å². The number of hydrogen-bond acceptors (Lipinski definition) is 4. The molecule has 1 heterocycles. The Balaban J connectivity index is 1.83. The smallest absolute Gasteiger partial charge is 0.254 e. The van der Waals surface area contributed by atoms with Crippen molar-refractivity contribution in [3.63, 3.8) is 0 Å². The number of carbonyl (C=O) groups is 1. The zero-order chi connectivity index (χ0) is 22.4. The van der Waals surface area contributed by atoms with E-state index in [0.29, 0.717) is 41.1 Å². The first-order valence-electron chi connectivity index (χ1n) is 10.7. The largest absolute Gasteiger partial charge is 0.490 e. The van der Waals surface area contributed by atoms with Crippen LogP contribution in [0.1, 0.15) is 42.1 Å². The monoisotopic (exact) mass is 464 g/mol. The highest BCUT2D eigenvalue weighted by Crippen LogP contribution is 2.35. The average molecular weight is 465 g/mol. The van der Waals surface area contributed by atoms with Crippen LogP contribution in [0.25, 0.3) is 0 Å². The second-order valence-corrected chi connectivity index (χ2v) is 8.81. The maximum Gasteiger partial charge on any atom is 0.254 e. The van der Waals surface area contributed by atoms with Crippen molar-refractivity contribution in [3.8, 4) is 5.75 Å². The van der Waals surface area contributed by atoms with E-state index in [-0.39, 0.29) is 12.0 Å². The van der Waals surface area contributed by atoms with Gasteiger partial charge in [0.2, 0.25) is 0 Å². The van der Waals surface area contributed by atoms with Crippen LogP contribution >= 0.6 is 23.2 Å². The number of halogens is 2. The zero-order valence-electron chi connectivity index (χ0n) is 18.4. The summed E-state index contributed by atoms with van der Waals surface area (Å²) in [5.41, 5.74) is 2.61. The second kappa shape index (κ2) is 11.1. The summed E-state index contributed by atoms with van der Waals surface area (Å²) in [7, 11) is 4.01. The van der Waals surface area contributed by atoms with E-state index in [1.54, 1.807) is 12.1 Å². The molecule has 0 N–H and O–H groups in total. The lowest BCUT2D eigenvalue weighted by Crippen LogP contribution is -2.37. The predicted octanol–water partition coefficient (Wildman–Crippen LogP) is 5.67. The number of anilines is 1. The SMILES string of the molecule is CCCOc1c(Cl)cc(C(=O)N(Cc2ccc(N(C)C)cc2)CC2CCCO2)cc1Cl. The van der Waals surface area contributed by atoms with E-state index in [1.807, 2.05) is 43.0 Å². The van der Waals surface area contributed by atoms with Gasteiger partial charge in [-0.05, 0) is 49.1 Å². The van der Waals surface area contributed by atoms with E-state index in [0.717, 1.165) is 37.1 Å². The number of carbonyl (C=O) groups excluding carboxylic acids is 1. The highest BCUT2D eigenvalue weighted by Gasteiger charge is 2.25. The van der Waals surface area contributed by atoms with Gasteiger partial charge in [-0.2, -0.15) is 0 Å². The quantitative estimate of drug-likeness (QED) is 0.479. The van der Waals surface area contributed by atoms with Crippen LogP contribution in [0, 0.1) is 0 Å². The minimum absolute atomic E-state index is 0.0445. The minimum atomic E-state index is -0.127. The van der Waals surface area contributed by atoms with Crippen molar-refractivity contribution in [2.45, 2.75) is 38.8 Å². The molecule has 168 valence electrons. The first-order valence-corrected chi connectivity index (χ1v) is 11.4. The summed E-state index contributed by atoms with van der Waals surface area (Å²) in [4.78, 5) is 17.3. The molecule has 0 aliphatic carbocycles. The van der Waals surface area contributed by atoms with Crippen LogP contribution in [0.5, 0.6) is 5.75 Å². The second-order valence-electron chi connectivity index (χ2n) is 8.00. The van der Waals surface area contributed by atoms with E-state index in [2.05, 4.69) is 12.1 Å². The first-order chi connectivity index (χ1) is 14.9. The maximum atomic E-state index is 13.4. The molecule has 3 rings (SSSR count). The normalized spacial score (nSPS) is 15.7. The van der Waals surface area contributed by atoms with Crippen LogP contribution in [-0.4, -0.2) is 50.8 Å². The van der Waals surface area contributed by atoms with Crippen molar-refractivity contribution in [2.75, 3.05) is 38.8 Å². The van der Waals surface area contributed by atoms with Crippen LogP contribution in [-0.2, 0) is 11.3 Å². The highest BCUT2D eigenvalue weighted by molar-refractivity contribution is 6.37. The van der Waals surface area contributed by atoms with Gasteiger partial charge in [0.25, 0.3) is 5.91 Å². The Hall–Kier alpha value is -1.95. The molecule has 0 aromatic heterocycles. The molecular formula is C24H30Cl2N2O3. The van der Waals surface area contributed by atoms with Gasteiger partial charge in [-0.3, -0.25) is 4.79 Å². The lowest BCUT2D eigenvalue weighted by molar-refractivity contribution is 0.0507. The van der Waals surface area contributed by atoms with Crippen LogP contribution < -0.4 is 9.64 Å². The molecule has 1 saturated heterocycles. The molecule has 5 nitrogen and oxygen atoms in total. The Bertz CT molecular complexity index is 858. The third-order valence-electron chi connectivity index (χ3n) is 5.26. The van der Waals surface area contributed by atoms with E-state index < -0.39 is 0 Å². The van der Waals surface area contributed by atoms with Crippen LogP contribution in [0.15, 0.2) is 36.4 Å². The third-order valence-corrected chi connectivity index (χ3v) is 5.82. The van der Waals surface area contributed by atoms with Crippen molar-refractivity contribution in [2.24, 2.45) is 0 Å². The molecule has 0 saturated carbocycles. The van der Waals surface area contributed by atoms with E-state index >= 15 is 0 Å². The van der Waals surface area contributed by atoms with Gasteiger partial charge in [0, 0.05) is 45.0 Å². The number of hydrogen-bond donors (Lipinski definition) is 0. The summed E-state index contributed by atoms with van der Waals surface area (Å²) < 4.78 is 11.4. The summed E-state index contributed by atoms with van der Waals surface area (Å²) in [6.07, 6.45) is 2.86. The third kappa shape index (κ3) is 6.28. The van der Waals surface area contributed by atoms with Crippen LogP contribution in [0.2, 0.25) is 10.0 Å². The van der Waals surface area contributed by atoms with Gasteiger partial charge in [-0.1, -0.05) is 42.3 Å². The summed E-state index contributed by atoms with van der Waals surface area (Å²) >= 11 is 12.8. The standard InChI is InChI=1S/C24H30Cl2N2O3/c1-4-11-31-23-21(25)13-18(14-22(23)26)24(29)28(16-20-6-5-12-30-20)15-17-7-9-19(10-8-17)27(2)3/h7-10,13-14,20H,4-6,11-12,15-16H2,1-3H3. The molecule has 1 unspecified atom stereocenters. The van der Waals surface area contributed by atoms with Gasteiger partial charge in [-0.15, -0.1) is 0 Å². The zero-order valence-corrected chi connectivity index (χ0v) is 19.9. The fourth-order valence-corrected chi connectivity index (χ4v) is 4.18. The maximum absolute atomic E-state index is 13.4. The molecule has 1 amide bonds. The Morgan fingerprint density at radius 1 is 1.16 bits per heavy atom. The minimum Gasteiger partial charge on any atom is -0.490 e. The molecule has 1 fully saturated rings. The topological polar surface area (TPSA) is 42.0 Å². The molecule has 1 atom stereocenters. The molecule has 31 heavy (non-hydrogen) atoms. The Morgan fingerprint density at radius 2 is 1.84 bits per heavy atom. The predicted molar refractivity (Wildman–Crippen MR) is 127 cm³/mol. The Morgan fingerprint density at radius 3 is 2.39 bits per heavy atom. The molecule has 2 aromatic carbocycles. The molecular weight excluding hydrogens is 435 g/mol. The van der Waals surface area contributed by atoms with Gasteiger partial charge in [-0.25, -0.2) is 0 Å². The van der Waals surface area contributed by atoms with Gasteiger partial charge in [0.05, 0.1) is 22.8 Å². The number of ether oxygens (including phenoxy) is 2. The molecule has 7 heteroatoms. The number of nitrogens with zero attached hydrogens (tertiary/aromatic N) is 2. The summed E-state index contributed by atoms with van der Waals surface area (Å²) in [5, 5.41) is 0.688. The molecule has 0 bridgehead atoms. The first kappa shape index (κ1) is 23.7. The fraction of sp³-hybridized carbons (Fsp3) is 0.458. The van der Waals surface area contributed by atoms with Crippen molar-refractivity contribution in [1.29, 1.82) is 0 Å². The molecule has 1 aliphatic heterocycles. The summed E-state index contributed by atoms with van der Waals surface area (Å²) in [6, 6.07) is 11.5. The molecule has 2 aromatic rings. The van der Waals surface area contributed by atoms with Gasteiger partial charge < -0.3 is 19.3 Å². The van der Waals surface area contributed by atoms with E-state index in [9.17, 15) is 4.79 Å². The van der Waals surface area contributed by atoms with Crippen molar-refractivity contribution in [1.82, 2.24) is 4.90 Å². The van der Waals surface area contributed by atoms with Gasteiger partial charge >= 0.3 is 0 Å². The van der Waals surface area contributed by atoms with Crippen LogP contribution in [0.4, 0.5) is 5.69 Å². The van der Waals surface area contributed by atoms with Gasteiger partial charge in [0.1, 0.15) is 0 Å². The Kier molecular flexibility index (Phi) is 8.47. The molecule has 0 radical (unpaired) electrons. The summed E-state index contributed by atoms with van der Waals surface area (Å²) in [5.74, 6) is 0.296. The lowest BCUT2D eigenvalue weighted by Gasteiger charge is -2.26. The van der Waals surface area contributed by atoms with Crippen molar-refractivity contribution >= 4 is 34.8 Å². The van der Waals surface area contributed by atoms with Crippen LogP contribution in [0.3, 0.4) is 0 Å². The lowest BCUT2D eigenvalue weighted by atomic mass is 10.1. The molecule has 1 aliphatic rings. The van der Waals surface area contributed by atoms with Crippen molar-refractivity contribution in [3.05, 3.63) is 57.6 Å². The highest BCUT2D eigenvalue weighted by atomic mass is 35.5. The van der Waals surface area contributed by atoms with E-state index in [4.69, 9.17) is 32.7 Å². The molecule has 0 spiro atoms. The number of amides is 1. The number of rotatable bonds is 9. The Labute approximate surface area is 194 Å². The number of benzene rings is 2.